The van der Waals surface area contributed by atoms with E-state index in [9.17, 15) is 4.79 Å². The maximum atomic E-state index is 13.1. The Kier molecular flexibility index (Phi) is 4.53. The Bertz CT molecular complexity index is 800. The second kappa shape index (κ2) is 6.63. The van der Waals surface area contributed by atoms with Crippen molar-refractivity contribution in [2.45, 2.75) is 32.5 Å². The van der Waals surface area contributed by atoms with Gasteiger partial charge in [-0.05, 0) is 45.0 Å². The van der Waals surface area contributed by atoms with E-state index >= 15 is 0 Å². The number of carbonyl (C=O) groups excluding carboxylic acids is 1. The number of rotatable bonds is 5. The van der Waals surface area contributed by atoms with Crippen LogP contribution in [0.4, 0.5) is 5.69 Å². The van der Waals surface area contributed by atoms with E-state index in [1.54, 1.807) is 6.08 Å². The molecule has 0 fully saturated rings. The van der Waals surface area contributed by atoms with Gasteiger partial charge < -0.3 is 15.0 Å². The van der Waals surface area contributed by atoms with Crippen LogP contribution < -0.4 is 10.1 Å². The van der Waals surface area contributed by atoms with Gasteiger partial charge in [-0.15, -0.1) is 0 Å². The Balaban J connectivity index is 2.09. The quantitative estimate of drug-likeness (QED) is 0.823. The van der Waals surface area contributed by atoms with Gasteiger partial charge in [0.2, 0.25) is 0 Å². The van der Waals surface area contributed by atoms with Gasteiger partial charge in [0, 0.05) is 17.3 Å². The number of hydrogen-bond acceptors (Lipinski definition) is 3. The number of nitrogens with one attached hydrogen (secondary N) is 1. The zero-order valence-electron chi connectivity index (χ0n) is 15.0. The first-order valence-corrected chi connectivity index (χ1v) is 8.52. The predicted octanol–water partition coefficient (Wildman–Crippen LogP) is 4.40. The summed E-state index contributed by atoms with van der Waals surface area (Å²) < 4.78 is 5.67. The van der Waals surface area contributed by atoms with Gasteiger partial charge in [-0.2, -0.15) is 0 Å². The van der Waals surface area contributed by atoms with E-state index in [2.05, 4.69) is 11.9 Å². The standard InChI is InChI=1S/C21H24N2O2/c1-5-13-25-17-10-8-9-16(14-17)21(4)22-19-12-7-6-11-18(19)20(24)23(21)15(2)3/h5-12,14-15,22H,1,13H2,2-4H3. The minimum Gasteiger partial charge on any atom is -0.490 e. The van der Waals surface area contributed by atoms with Crippen molar-refractivity contribution < 1.29 is 9.53 Å². The van der Waals surface area contributed by atoms with Crippen molar-refractivity contribution in [3.05, 3.63) is 72.3 Å². The Hall–Kier alpha value is -2.75. The summed E-state index contributed by atoms with van der Waals surface area (Å²) in [5.74, 6) is 0.791. The van der Waals surface area contributed by atoms with E-state index in [4.69, 9.17) is 4.74 Å². The average molecular weight is 336 g/mol. The summed E-state index contributed by atoms with van der Waals surface area (Å²) in [5, 5.41) is 3.56. The van der Waals surface area contributed by atoms with E-state index in [1.807, 2.05) is 74.2 Å². The van der Waals surface area contributed by atoms with Crippen LogP contribution in [0, 0.1) is 0 Å². The number of carbonyl (C=O) groups is 1. The number of hydrogen-bond donors (Lipinski definition) is 1. The van der Waals surface area contributed by atoms with Crippen LogP contribution in [0.25, 0.3) is 0 Å². The van der Waals surface area contributed by atoms with Crippen LogP contribution in [0.15, 0.2) is 61.2 Å². The van der Waals surface area contributed by atoms with Crippen molar-refractivity contribution >= 4 is 11.6 Å². The molecular weight excluding hydrogens is 312 g/mol. The first-order valence-electron chi connectivity index (χ1n) is 8.52. The molecule has 2 aromatic rings. The van der Waals surface area contributed by atoms with E-state index in [0.717, 1.165) is 17.0 Å². The van der Waals surface area contributed by atoms with Crippen molar-refractivity contribution in [2.24, 2.45) is 0 Å². The van der Waals surface area contributed by atoms with Gasteiger partial charge in [0.15, 0.2) is 0 Å². The van der Waals surface area contributed by atoms with Gasteiger partial charge in [-0.1, -0.05) is 36.9 Å². The molecular formula is C21H24N2O2. The molecule has 0 saturated carbocycles. The highest BCUT2D eigenvalue weighted by Gasteiger charge is 2.43. The third-order valence-electron chi connectivity index (χ3n) is 4.52. The van der Waals surface area contributed by atoms with Gasteiger partial charge in [0.1, 0.15) is 18.0 Å². The van der Waals surface area contributed by atoms with Crippen molar-refractivity contribution in [3.63, 3.8) is 0 Å². The number of benzene rings is 2. The molecule has 4 nitrogen and oxygen atoms in total. The van der Waals surface area contributed by atoms with Crippen molar-refractivity contribution in [3.8, 4) is 5.75 Å². The molecule has 1 aliphatic heterocycles. The average Bonchev–Trinajstić information content (AvgIpc) is 2.60. The molecule has 0 aliphatic carbocycles. The van der Waals surface area contributed by atoms with Crippen LogP contribution in [0.3, 0.4) is 0 Å². The van der Waals surface area contributed by atoms with Crippen molar-refractivity contribution in [1.82, 2.24) is 4.90 Å². The van der Waals surface area contributed by atoms with Crippen LogP contribution in [0.1, 0.15) is 36.7 Å². The largest absolute Gasteiger partial charge is 0.490 e. The molecule has 1 amide bonds. The van der Waals surface area contributed by atoms with E-state index in [0.29, 0.717) is 12.2 Å². The molecule has 0 radical (unpaired) electrons. The highest BCUT2D eigenvalue weighted by atomic mass is 16.5. The van der Waals surface area contributed by atoms with Gasteiger partial charge in [0.25, 0.3) is 5.91 Å². The third-order valence-corrected chi connectivity index (χ3v) is 4.52. The first-order chi connectivity index (χ1) is 12.0. The lowest BCUT2D eigenvalue weighted by molar-refractivity contribution is 0.0433. The second-order valence-electron chi connectivity index (χ2n) is 6.64. The number of ether oxygens (including phenoxy) is 1. The summed E-state index contributed by atoms with van der Waals surface area (Å²) in [6, 6.07) is 15.5. The lowest BCUT2D eigenvalue weighted by atomic mass is 9.92. The Morgan fingerprint density at radius 2 is 2.00 bits per heavy atom. The molecule has 1 aliphatic rings. The van der Waals surface area contributed by atoms with Crippen molar-refractivity contribution in [2.75, 3.05) is 11.9 Å². The number of para-hydroxylation sites is 1. The lowest BCUT2D eigenvalue weighted by Gasteiger charge is -2.48. The summed E-state index contributed by atoms with van der Waals surface area (Å²) in [5.41, 5.74) is 1.87. The Labute approximate surface area is 149 Å². The maximum absolute atomic E-state index is 13.1. The molecule has 0 saturated heterocycles. The van der Waals surface area contributed by atoms with Gasteiger partial charge in [0.05, 0.1) is 5.56 Å². The Morgan fingerprint density at radius 1 is 1.24 bits per heavy atom. The molecule has 1 unspecified atom stereocenters. The van der Waals surface area contributed by atoms with Gasteiger partial charge in [-0.3, -0.25) is 4.79 Å². The number of amides is 1. The number of anilines is 1. The van der Waals surface area contributed by atoms with Crippen LogP contribution in [-0.4, -0.2) is 23.5 Å². The van der Waals surface area contributed by atoms with Crippen LogP contribution in [0.5, 0.6) is 5.75 Å². The molecule has 1 atom stereocenters. The fraction of sp³-hybridized carbons (Fsp3) is 0.286. The number of nitrogens with zero attached hydrogens (tertiary/aromatic N) is 1. The molecule has 25 heavy (non-hydrogen) atoms. The topological polar surface area (TPSA) is 41.6 Å². The molecule has 1 N–H and O–H groups in total. The highest BCUT2D eigenvalue weighted by Crippen LogP contribution is 2.39. The minimum absolute atomic E-state index is 0.0317. The summed E-state index contributed by atoms with van der Waals surface area (Å²) in [6.07, 6.45) is 1.72. The molecule has 0 bridgehead atoms. The number of fused-ring (bicyclic) bond motifs is 1. The normalized spacial score (nSPS) is 19.4. The molecule has 1 heterocycles. The van der Waals surface area contributed by atoms with Gasteiger partial charge in [-0.25, -0.2) is 0 Å². The lowest BCUT2D eigenvalue weighted by Crippen LogP contribution is -2.58. The summed E-state index contributed by atoms with van der Waals surface area (Å²) in [6.45, 7) is 10.2. The summed E-state index contributed by atoms with van der Waals surface area (Å²) in [7, 11) is 0. The van der Waals surface area contributed by atoms with Crippen LogP contribution >= 0.6 is 0 Å². The minimum atomic E-state index is -0.660. The van der Waals surface area contributed by atoms with E-state index in [-0.39, 0.29) is 11.9 Å². The van der Waals surface area contributed by atoms with Gasteiger partial charge >= 0.3 is 0 Å². The molecule has 0 aromatic heterocycles. The van der Waals surface area contributed by atoms with E-state index < -0.39 is 5.66 Å². The fourth-order valence-electron chi connectivity index (χ4n) is 3.44. The van der Waals surface area contributed by atoms with E-state index in [1.165, 1.54) is 0 Å². The maximum Gasteiger partial charge on any atom is 0.258 e. The Morgan fingerprint density at radius 3 is 2.72 bits per heavy atom. The zero-order chi connectivity index (χ0) is 18.0. The SMILES string of the molecule is C=CCOc1cccc(C2(C)Nc3ccccc3C(=O)N2C(C)C)c1. The highest BCUT2D eigenvalue weighted by molar-refractivity contribution is 6.02. The second-order valence-corrected chi connectivity index (χ2v) is 6.64. The fourth-order valence-corrected chi connectivity index (χ4v) is 3.44. The first kappa shape index (κ1) is 17.1. The summed E-state index contributed by atoms with van der Waals surface area (Å²) in [4.78, 5) is 15.0. The smallest absolute Gasteiger partial charge is 0.258 e. The molecule has 4 heteroatoms. The molecule has 3 rings (SSSR count). The summed E-state index contributed by atoms with van der Waals surface area (Å²) >= 11 is 0. The molecule has 0 spiro atoms. The zero-order valence-corrected chi connectivity index (χ0v) is 15.0. The van der Waals surface area contributed by atoms with Crippen LogP contribution in [-0.2, 0) is 5.66 Å². The van der Waals surface area contributed by atoms with Crippen molar-refractivity contribution in [1.29, 1.82) is 0 Å². The predicted molar refractivity (Wildman–Crippen MR) is 101 cm³/mol. The van der Waals surface area contributed by atoms with Crippen LogP contribution in [0.2, 0.25) is 0 Å². The third kappa shape index (κ3) is 3.00. The monoisotopic (exact) mass is 336 g/mol. The molecule has 2 aromatic carbocycles. The molecule has 130 valence electrons.